The number of benzene rings is 3. The Bertz CT molecular complexity index is 1860. The van der Waals surface area contributed by atoms with Crippen molar-refractivity contribution in [1.29, 1.82) is 0 Å². The van der Waals surface area contributed by atoms with E-state index in [1.54, 1.807) is 21.9 Å². The molecule has 17 heteroatoms. The smallest absolute Gasteiger partial charge is 0.418 e. The Morgan fingerprint density at radius 3 is 2.21 bits per heavy atom. The van der Waals surface area contributed by atoms with Crippen molar-refractivity contribution in [3.05, 3.63) is 85.8 Å². The molecule has 5 amide bonds. The van der Waals surface area contributed by atoms with Crippen molar-refractivity contribution in [1.82, 2.24) is 20.0 Å². The summed E-state index contributed by atoms with van der Waals surface area (Å²) >= 11 is 6.61. The lowest BCUT2D eigenvalue weighted by Crippen LogP contribution is -2.58. The number of likely N-dealkylation sites (tertiary alicyclic amines) is 1. The molecule has 0 radical (unpaired) electrons. The van der Waals surface area contributed by atoms with Gasteiger partial charge in [0.2, 0.25) is 5.91 Å². The standard InChI is InChI=1S/C35H35Br2F3N6O6/c36-25-15-20(16-26(37)30(25)47)17-28(31(48)44-13-11-43(12-14-44)29-6-5-21(32(49)50)18-24(29)35(38,39)40)42-33(51)45-9-7-23(8-10-45)46-19-22-3-1-2-4-27(22)41-34(46)52/h1-6,15-16,18,23,28,47H,7-14,17,19H2,(H,41,52)(H,42,51)(H,49,50)/t28-/m1/s1. The van der Waals surface area contributed by atoms with Crippen molar-refractivity contribution in [3.8, 4) is 5.75 Å². The van der Waals surface area contributed by atoms with Crippen molar-refractivity contribution in [2.45, 2.75) is 44.1 Å². The van der Waals surface area contributed by atoms with Crippen LogP contribution in [0.5, 0.6) is 5.75 Å². The molecule has 0 spiro atoms. The molecular formula is C35H35Br2F3N6O6. The van der Waals surface area contributed by atoms with E-state index in [1.807, 2.05) is 24.3 Å². The molecule has 276 valence electrons. The Labute approximate surface area is 313 Å². The van der Waals surface area contributed by atoms with E-state index in [9.17, 15) is 42.6 Å². The molecule has 3 aliphatic heterocycles. The van der Waals surface area contributed by atoms with Crippen LogP contribution in [-0.4, -0.2) is 100 Å². The van der Waals surface area contributed by atoms with E-state index < -0.39 is 41.3 Å². The van der Waals surface area contributed by atoms with Gasteiger partial charge >= 0.3 is 24.2 Å². The molecule has 1 atom stereocenters. The Kier molecular flexibility index (Phi) is 10.9. The number of nitrogens with one attached hydrogen (secondary N) is 2. The number of aromatic carboxylic acids is 1. The molecule has 52 heavy (non-hydrogen) atoms. The van der Waals surface area contributed by atoms with Crippen LogP contribution in [-0.2, 0) is 23.9 Å². The fourth-order valence-electron chi connectivity index (χ4n) is 6.87. The molecule has 3 heterocycles. The minimum absolute atomic E-state index is 0.0323. The minimum atomic E-state index is -4.80. The summed E-state index contributed by atoms with van der Waals surface area (Å²) in [5, 5.41) is 25.3. The van der Waals surface area contributed by atoms with E-state index in [2.05, 4.69) is 42.5 Å². The number of anilines is 2. The van der Waals surface area contributed by atoms with Crippen molar-refractivity contribution in [2.24, 2.45) is 0 Å². The summed E-state index contributed by atoms with van der Waals surface area (Å²) < 4.78 is 42.6. The van der Waals surface area contributed by atoms with E-state index >= 15 is 0 Å². The molecule has 0 unspecified atom stereocenters. The van der Waals surface area contributed by atoms with E-state index in [-0.39, 0.29) is 56.1 Å². The lowest BCUT2D eigenvalue weighted by atomic mass is 10.0. The Hall–Kier alpha value is -4.51. The number of alkyl halides is 3. The maximum absolute atomic E-state index is 14.0. The van der Waals surface area contributed by atoms with Gasteiger partial charge in [-0.15, -0.1) is 0 Å². The normalized spacial score (nSPS) is 17.4. The summed E-state index contributed by atoms with van der Waals surface area (Å²) in [7, 11) is 0. The zero-order valence-electron chi connectivity index (χ0n) is 27.6. The van der Waals surface area contributed by atoms with Crippen LogP contribution in [0.25, 0.3) is 0 Å². The van der Waals surface area contributed by atoms with Gasteiger partial charge in [0.05, 0.1) is 20.1 Å². The lowest BCUT2D eigenvalue weighted by molar-refractivity contribution is -0.137. The third-order valence-electron chi connectivity index (χ3n) is 9.65. The first-order valence-corrected chi connectivity index (χ1v) is 18.1. The highest BCUT2D eigenvalue weighted by Crippen LogP contribution is 2.38. The van der Waals surface area contributed by atoms with Gasteiger partial charge in [-0.3, -0.25) is 4.79 Å². The molecule has 2 fully saturated rings. The van der Waals surface area contributed by atoms with E-state index in [0.29, 0.717) is 53.1 Å². The number of fused-ring (bicyclic) bond motifs is 1. The maximum Gasteiger partial charge on any atom is 0.418 e. The molecular weight excluding hydrogens is 817 g/mol. The van der Waals surface area contributed by atoms with E-state index in [1.165, 1.54) is 9.80 Å². The highest BCUT2D eigenvalue weighted by Gasteiger charge is 2.38. The first kappa shape index (κ1) is 37.3. The third-order valence-corrected chi connectivity index (χ3v) is 10.9. The number of carboxylic acids is 1. The van der Waals surface area contributed by atoms with Crippen LogP contribution in [0, 0.1) is 0 Å². The SMILES string of the molecule is O=C(O)c1ccc(N2CCN(C(=O)[C@@H](Cc3cc(Br)c(O)c(Br)c3)NC(=O)N3CCC(N4Cc5ccccc5NC4=O)CC3)CC2)c(C(F)(F)F)c1. The number of piperidine rings is 1. The van der Waals surface area contributed by atoms with Crippen LogP contribution in [0.4, 0.5) is 34.1 Å². The average molecular weight is 853 g/mol. The number of nitrogens with zero attached hydrogens (tertiary/aromatic N) is 4. The fourth-order valence-corrected chi connectivity index (χ4v) is 8.15. The second kappa shape index (κ2) is 15.2. The number of piperazine rings is 1. The summed E-state index contributed by atoms with van der Waals surface area (Å²) in [5.41, 5.74) is 0.679. The topological polar surface area (TPSA) is 146 Å². The Morgan fingerprint density at radius 2 is 1.58 bits per heavy atom. The molecule has 0 aliphatic carbocycles. The van der Waals surface area contributed by atoms with Gasteiger partial charge in [0.25, 0.3) is 0 Å². The Morgan fingerprint density at radius 1 is 0.923 bits per heavy atom. The zero-order valence-corrected chi connectivity index (χ0v) is 30.8. The number of rotatable bonds is 7. The molecule has 0 saturated carbocycles. The number of carboxylic acid groups (broad SMARTS) is 1. The number of carbonyl (C=O) groups excluding carboxylic acids is 3. The lowest BCUT2D eigenvalue weighted by Gasteiger charge is -2.41. The predicted octanol–water partition coefficient (Wildman–Crippen LogP) is 6.12. The molecule has 0 aromatic heterocycles. The predicted molar refractivity (Wildman–Crippen MR) is 192 cm³/mol. The number of para-hydroxylation sites is 1. The monoisotopic (exact) mass is 850 g/mol. The number of amides is 5. The first-order chi connectivity index (χ1) is 24.7. The number of urea groups is 2. The second-order valence-corrected chi connectivity index (χ2v) is 14.6. The number of phenols is 1. The zero-order chi connectivity index (χ0) is 37.3. The number of carbonyl (C=O) groups is 4. The first-order valence-electron chi connectivity index (χ1n) is 16.6. The van der Waals surface area contributed by atoms with Crippen molar-refractivity contribution >= 4 is 67.2 Å². The summed E-state index contributed by atoms with van der Waals surface area (Å²) in [5.74, 6) is -1.93. The van der Waals surface area contributed by atoms with Crippen LogP contribution in [0.2, 0.25) is 0 Å². The van der Waals surface area contributed by atoms with Crippen molar-refractivity contribution in [3.63, 3.8) is 0 Å². The molecule has 3 aromatic rings. The quantitative estimate of drug-likeness (QED) is 0.224. The van der Waals surface area contributed by atoms with Crippen LogP contribution in [0.3, 0.4) is 0 Å². The van der Waals surface area contributed by atoms with Gasteiger partial charge in [0.1, 0.15) is 11.8 Å². The molecule has 4 N–H and O–H groups in total. The third kappa shape index (κ3) is 8.09. The van der Waals surface area contributed by atoms with Crippen molar-refractivity contribution < 1.29 is 42.6 Å². The maximum atomic E-state index is 14.0. The van der Waals surface area contributed by atoms with Gasteiger partial charge in [-0.1, -0.05) is 18.2 Å². The fraction of sp³-hybridized carbons (Fsp3) is 0.371. The summed E-state index contributed by atoms with van der Waals surface area (Å²) in [4.78, 5) is 58.3. The van der Waals surface area contributed by atoms with Gasteiger partial charge in [-0.2, -0.15) is 13.2 Å². The molecule has 3 aliphatic rings. The second-order valence-electron chi connectivity index (χ2n) is 12.9. The van der Waals surface area contributed by atoms with Crippen LogP contribution < -0.4 is 15.5 Å². The molecule has 0 bridgehead atoms. The van der Waals surface area contributed by atoms with E-state index in [4.69, 9.17) is 0 Å². The number of hydrogen-bond acceptors (Lipinski definition) is 6. The van der Waals surface area contributed by atoms with E-state index in [0.717, 1.165) is 23.4 Å². The number of aromatic hydroxyl groups is 1. The highest BCUT2D eigenvalue weighted by molar-refractivity contribution is 9.11. The molecule has 12 nitrogen and oxygen atoms in total. The van der Waals surface area contributed by atoms with Gasteiger partial charge in [-0.25, -0.2) is 14.4 Å². The Balaban J connectivity index is 1.13. The summed E-state index contributed by atoms with van der Waals surface area (Å²) in [6, 6.07) is 11.9. The molecule has 3 aromatic carbocycles. The summed E-state index contributed by atoms with van der Waals surface area (Å²) in [6.07, 6.45) is -3.67. The molecule has 6 rings (SSSR count). The van der Waals surface area contributed by atoms with Crippen LogP contribution in [0.1, 0.15) is 39.9 Å². The number of halogens is 5. The largest absolute Gasteiger partial charge is 0.506 e. The van der Waals surface area contributed by atoms with Gasteiger partial charge < -0.3 is 40.4 Å². The molecule has 2 saturated heterocycles. The number of phenolic OH excluding ortho intramolecular Hbond substituents is 1. The number of hydrogen-bond donors (Lipinski definition) is 4. The van der Waals surface area contributed by atoms with Crippen LogP contribution in [0.15, 0.2) is 63.5 Å². The van der Waals surface area contributed by atoms with Crippen LogP contribution >= 0.6 is 31.9 Å². The average Bonchev–Trinajstić information content (AvgIpc) is 3.12. The minimum Gasteiger partial charge on any atom is -0.506 e. The van der Waals surface area contributed by atoms with Gasteiger partial charge in [0.15, 0.2) is 0 Å². The van der Waals surface area contributed by atoms with Gasteiger partial charge in [-0.05, 0) is 92.2 Å². The highest BCUT2D eigenvalue weighted by atomic mass is 79.9. The summed E-state index contributed by atoms with van der Waals surface area (Å²) in [6.45, 7) is 1.35. The van der Waals surface area contributed by atoms with Crippen molar-refractivity contribution in [2.75, 3.05) is 49.5 Å². The van der Waals surface area contributed by atoms with Gasteiger partial charge in [0, 0.05) is 69.7 Å².